The SMILES string of the molecule is CCc1nn(C)cc1C(=O)NC1CC(O)C1. The van der Waals surface area contributed by atoms with Crippen molar-refractivity contribution in [1.29, 1.82) is 0 Å². The Labute approximate surface area is 94.5 Å². The summed E-state index contributed by atoms with van der Waals surface area (Å²) in [7, 11) is 1.81. The van der Waals surface area contributed by atoms with Crippen LogP contribution in [0.3, 0.4) is 0 Å². The number of rotatable bonds is 3. The van der Waals surface area contributed by atoms with E-state index in [9.17, 15) is 4.79 Å². The molecule has 1 aliphatic carbocycles. The van der Waals surface area contributed by atoms with Crippen molar-refractivity contribution in [3.05, 3.63) is 17.5 Å². The van der Waals surface area contributed by atoms with Crippen molar-refractivity contribution < 1.29 is 9.90 Å². The molecule has 0 atom stereocenters. The van der Waals surface area contributed by atoms with E-state index in [4.69, 9.17) is 5.11 Å². The van der Waals surface area contributed by atoms with E-state index in [1.54, 1.807) is 10.9 Å². The molecule has 0 aliphatic heterocycles. The Kier molecular flexibility index (Phi) is 2.96. The lowest BCUT2D eigenvalue weighted by Gasteiger charge is -2.31. The van der Waals surface area contributed by atoms with Crippen molar-refractivity contribution in [1.82, 2.24) is 15.1 Å². The van der Waals surface area contributed by atoms with Gasteiger partial charge < -0.3 is 10.4 Å². The van der Waals surface area contributed by atoms with Crippen LogP contribution < -0.4 is 5.32 Å². The fourth-order valence-electron chi connectivity index (χ4n) is 1.95. The average molecular weight is 223 g/mol. The average Bonchev–Trinajstić information content (AvgIpc) is 2.57. The molecule has 0 unspecified atom stereocenters. The monoisotopic (exact) mass is 223 g/mol. The molecular formula is C11H17N3O2. The van der Waals surface area contributed by atoms with Gasteiger partial charge in [0.15, 0.2) is 0 Å². The maximum atomic E-state index is 11.9. The quantitative estimate of drug-likeness (QED) is 0.771. The highest BCUT2D eigenvalue weighted by molar-refractivity contribution is 5.95. The van der Waals surface area contributed by atoms with Gasteiger partial charge in [-0.05, 0) is 19.3 Å². The van der Waals surface area contributed by atoms with Gasteiger partial charge in [0.05, 0.1) is 17.4 Å². The standard InChI is InChI=1S/C11H17N3O2/c1-3-10-9(6-14(2)13-10)11(16)12-7-4-8(15)5-7/h6-8,15H,3-5H2,1-2H3,(H,12,16). The molecule has 0 spiro atoms. The molecule has 2 N–H and O–H groups in total. The summed E-state index contributed by atoms with van der Waals surface area (Å²) >= 11 is 0. The molecule has 0 radical (unpaired) electrons. The lowest BCUT2D eigenvalue weighted by Crippen LogP contribution is -2.46. The number of nitrogens with zero attached hydrogens (tertiary/aromatic N) is 2. The van der Waals surface area contributed by atoms with Gasteiger partial charge in [-0.2, -0.15) is 5.10 Å². The van der Waals surface area contributed by atoms with E-state index < -0.39 is 0 Å². The number of aliphatic hydroxyl groups is 1. The van der Waals surface area contributed by atoms with Gasteiger partial charge in [0.2, 0.25) is 0 Å². The van der Waals surface area contributed by atoms with E-state index >= 15 is 0 Å². The number of hydrogen-bond donors (Lipinski definition) is 2. The lowest BCUT2D eigenvalue weighted by molar-refractivity contribution is 0.0562. The van der Waals surface area contributed by atoms with E-state index in [2.05, 4.69) is 10.4 Å². The molecule has 5 nitrogen and oxygen atoms in total. The summed E-state index contributed by atoms with van der Waals surface area (Å²) in [6.45, 7) is 1.98. The van der Waals surface area contributed by atoms with Crippen LogP contribution in [-0.4, -0.2) is 32.9 Å². The van der Waals surface area contributed by atoms with E-state index in [1.165, 1.54) is 0 Å². The minimum Gasteiger partial charge on any atom is -0.393 e. The van der Waals surface area contributed by atoms with Crippen LogP contribution in [0, 0.1) is 0 Å². The molecule has 1 heterocycles. The van der Waals surface area contributed by atoms with Crippen LogP contribution in [0.1, 0.15) is 35.8 Å². The molecular weight excluding hydrogens is 206 g/mol. The summed E-state index contributed by atoms with van der Waals surface area (Å²) < 4.78 is 1.66. The minimum absolute atomic E-state index is 0.0816. The maximum absolute atomic E-state index is 11.9. The fraction of sp³-hybridized carbons (Fsp3) is 0.636. The van der Waals surface area contributed by atoms with Crippen molar-refractivity contribution in [2.75, 3.05) is 0 Å². The highest BCUT2D eigenvalue weighted by Gasteiger charge is 2.29. The Morgan fingerprint density at radius 2 is 2.38 bits per heavy atom. The molecule has 0 saturated heterocycles. The van der Waals surface area contributed by atoms with Crippen LogP contribution in [0.5, 0.6) is 0 Å². The summed E-state index contributed by atoms with van der Waals surface area (Å²) in [6.07, 6.45) is 3.56. The van der Waals surface area contributed by atoms with Crippen LogP contribution in [0.25, 0.3) is 0 Å². The summed E-state index contributed by atoms with van der Waals surface area (Å²) in [5.74, 6) is -0.0816. The molecule has 1 saturated carbocycles. The van der Waals surface area contributed by atoms with Crippen molar-refractivity contribution in [2.24, 2.45) is 7.05 Å². The largest absolute Gasteiger partial charge is 0.393 e. The highest BCUT2D eigenvalue weighted by Crippen LogP contribution is 2.20. The zero-order valence-electron chi connectivity index (χ0n) is 9.60. The first kappa shape index (κ1) is 11.1. The number of aliphatic hydroxyl groups excluding tert-OH is 1. The zero-order chi connectivity index (χ0) is 11.7. The molecule has 1 aliphatic rings. The molecule has 88 valence electrons. The van der Waals surface area contributed by atoms with E-state index in [0.29, 0.717) is 18.4 Å². The fourth-order valence-corrected chi connectivity index (χ4v) is 1.95. The molecule has 0 bridgehead atoms. The van der Waals surface area contributed by atoms with E-state index in [1.807, 2.05) is 14.0 Å². The number of amides is 1. The van der Waals surface area contributed by atoms with Crippen LogP contribution >= 0.6 is 0 Å². The van der Waals surface area contributed by atoms with Crippen molar-refractivity contribution >= 4 is 5.91 Å². The van der Waals surface area contributed by atoms with Gasteiger partial charge in [-0.15, -0.1) is 0 Å². The first-order valence-corrected chi connectivity index (χ1v) is 5.61. The van der Waals surface area contributed by atoms with Gasteiger partial charge >= 0.3 is 0 Å². The molecule has 1 amide bonds. The van der Waals surface area contributed by atoms with E-state index in [-0.39, 0.29) is 18.1 Å². The number of carbonyl (C=O) groups excluding carboxylic acids is 1. The third-order valence-corrected chi connectivity index (χ3v) is 2.93. The summed E-state index contributed by atoms with van der Waals surface area (Å²) in [5, 5.41) is 16.3. The predicted molar refractivity (Wildman–Crippen MR) is 59.1 cm³/mol. The number of aryl methyl sites for hydroxylation is 2. The smallest absolute Gasteiger partial charge is 0.254 e. The molecule has 0 aromatic carbocycles. The molecule has 5 heteroatoms. The van der Waals surface area contributed by atoms with Gasteiger partial charge in [0.25, 0.3) is 5.91 Å². The Morgan fingerprint density at radius 3 is 2.94 bits per heavy atom. The molecule has 16 heavy (non-hydrogen) atoms. The van der Waals surface area contributed by atoms with Gasteiger partial charge in [-0.1, -0.05) is 6.92 Å². The summed E-state index contributed by atoms with van der Waals surface area (Å²) in [6, 6.07) is 0.118. The minimum atomic E-state index is -0.246. The Morgan fingerprint density at radius 1 is 1.69 bits per heavy atom. The van der Waals surface area contributed by atoms with E-state index in [0.717, 1.165) is 12.1 Å². The second-order valence-electron chi connectivity index (χ2n) is 4.31. The normalized spacial score (nSPS) is 23.9. The zero-order valence-corrected chi connectivity index (χ0v) is 9.60. The molecule has 1 aromatic rings. The lowest BCUT2D eigenvalue weighted by atomic mass is 9.89. The van der Waals surface area contributed by atoms with Crippen LogP contribution in [0.4, 0.5) is 0 Å². The van der Waals surface area contributed by atoms with Gasteiger partial charge in [-0.25, -0.2) is 0 Å². The Balaban J connectivity index is 2.02. The third-order valence-electron chi connectivity index (χ3n) is 2.93. The number of carbonyl (C=O) groups is 1. The first-order chi connectivity index (χ1) is 7.60. The Bertz CT molecular complexity index is 394. The first-order valence-electron chi connectivity index (χ1n) is 5.61. The number of aromatic nitrogens is 2. The maximum Gasteiger partial charge on any atom is 0.254 e. The second-order valence-corrected chi connectivity index (χ2v) is 4.31. The summed E-state index contributed by atoms with van der Waals surface area (Å²) in [4.78, 5) is 11.9. The third kappa shape index (κ3) is 2.09. The summed E-state index contributed by atoms with van der Waals surface area (Å²) in [5.41, 5.74) is 1.46. The molecule has 2 rings (SSSR count). The van der Waals surface area contributed by atoms with Crippen LogP contribution in [0.2, 0.25) is 0 Å². The second kappa shape index (κ2) is 4.25. The molecule has 1 aromatic heterocycles. The van der Waals surface area contributed by atoms with Gasteiger partial charge in [-0.3, -0.25) is 9.48 Å². The van der Waals surface area contributed by atoms with Gasteiger partial charge in [0, 0.05) is 19.3 Å². The molecule has 1 fully saturated rings. The van der Waals surface area contributed by atoms with Crippen LogP contribution in [-0.2, 0) is 13.5 Å². The Hall–Kier alpha value is -1.36. The number of nitrogens with one attached hydrogen (secondary N) is 1. The predicted octanol–water partition coefficient (Wildman–Crippen LogP) is 0.236. The highest BCUT2D eigenvalue weighted by atomic mass is 16.3. The van der Waals surface area contributed by atoms with Crippen molar-refractivity contribution in [2.45, 2.75) is 38.3 Å². The van der Waals surface area contributed by atoms with Crippen molar-refractivity contribution in [3.8, 4) is 0 Å². The van der Waals surface area contributed by atoms with Crippen molar-refractivity contribution in [3.63, 3.8) is 0 Å². The van der Waals surface area contributed by atoms with Gasteiger partial charge in [0.1, 0.15) is 0 Å². The number of hydrogen-bond acceptors (Lipinski definition) is 3. The topological polar surface area (TPSA) is 67.2 Å². The van der Waals surface area contributed by atoms with Crippen LogP contribution in [0.15, 0.2) is 6.20 Å².